The number of nitrogens with one attached hydrogen (secondary N) is 1. The number of nitriles is 1. The summed E-state index contributed by atoms with van der Waals surface area (Å²) in [5.74, 6) is -0.242. The fraction of sp³-hybridized carbons (Fsp3) is 0. The van der Waals surface area contributed by atoms with Gasteiger partial charge >= 0.3 is 0 Å². The van der Waals surface area contributed by atoms with E-state index in [9.17, 15) is 4.79 Å². The molecule has 18 heavy (non-hydrogen) atoms. The molecule has 0 spiro atoms. The highest BCUT2D eigenvalue weighted by molar-refractivity contribution is 9.10. The van der Waals surface area contributed by atoms with Crippen molar-refractivity contribution in [2.75, 3.05) is 5.32 Å². The number of nitrogens with zero attached hydrogens (tertiary/aromatic N) is 2. The van der Waals surface area contributed by atoms with Crippen LogP contribution in [0.3, 0.4) is 0 Å². The molecule has 1 aromatic carbocycles. The van der Waals surface area contributed by atoms with Gasteiger partial charge in [0.1, 0.15) is 0 Å². The summed E-state index contributed by atoms with van der Waals surface area (Å²) < 4.78 is 0.745. The van der Waals surface area contributed by atoms with Crippen LogP contribution in [0.1, 0.15) is 15.9 Å². The molecule has 0 saturated heterocycles. The van der Waals surface area contributed by atoms with E-state index in [-0.39, 0.29) is 5.91 Å². The second-order valence-corrected chi connectivity index (χ2v) is 4.45. The number of anilines is 1. The summed E-state index contributed by atoms with van der Waals surface area (Å²) in [6.45, 7) is 0. The van der Waals surface area contributed by atoms with Crippen LogP contribution in [0, 0.1) is 11.3 Å². The highest BCUT2D eigenvalue weighted by Gasteiger charge is 2.06. The lowest BCUT2D eigenvalue weighted by molar-refractivity contribution is 0.102. The normalized spacial score (nSPS) is 9.56. The molecule has 0 aliphatic carbocycles. The monoisotopic (exact) mass is 301 g/mol. The molecule has 0 fully saturated rings. The van der Waals surface area contributed by atoms with E-state index in [2.05, 4.69) is 26.2 Å². The fourth-order valence-electron chi connectivity index (χ4n) is 1.37. The summed E-state index contributed by atoms with van der Waals surface area (Å²) in [5, 5.41) is 11.4. The summed E-state index contributed by atoms with van der Waals surface area (Å²) in [6, 6.07) is 10.4. The summed E-state index contributed by atoms with van der Waals surface area (Å²) >= 11 is 3.26. The summed E-state index contributed by atoms with van der Waals surface area (Å²) in [4.78, 5) is 15.8. The Morgan fingerprint density at radius 2 is 2.00 bits per heavy atom. The highest BCUT2D eigenvalue weighted by atomic mass is 79.9. The van der Waals surface area contributed by atoms with Crippen LogP contribution in [-0.2, 0) is 0 Å². The van der Waals surface area contributed by atoms with Gasteiger partial charge in [0.25, 0.3) is 5.91 Å². The first-order valence-electron chi connectivity index (χ1n) is 5.11. The molecule has 0 saturated carbocycles. The molecule has 1 aromatic heterocycles. The minimum Gasteiger partial charge on any atom is -0.322 e. The predicted molar refractivity (Wildman–Crippen MR) is 71.0 cm³/mol. The van der Waals surface area contributed by atoms with Crippen molar-refractivity contribution in [3.8, 4) is 6.07 Å². The number of amides is 1. The smallest absolute Gasteiger partial charge is 0.257 e. The first kappa shape index (κ1) is 12.3. The summed E-state index contributed by atoms with van der Waals surface area (Å²) in [5.41, 5.74) is 1.66. The molecule has 4 nitrogen and oxygen atoms in total. The van der Waals surface area contributed by atoms with Crippen molar-refractivity contribution in [3.05, 3.63) is 58.3 Å². The van der Waals surface area contributed by atoms with E-state index in [1.807, 2.05) is 6.07 Å². The zero-order chi connectivity index (χ0) is 13.0. The molecule has 5 heteroatoms. The van der Waals surface area contributed by atoms with Gasteiger partial charge in [-0.15, -0.1) is 0 Å². The van der Waals surface area contributed by atoms with Crippen LogP contribution < -0.4 is 5.32 Å². The fourth-order valence-corrected chi connectivity index (χ4v) is 1.73. The van der Waals surface area contributed by atoms with Crippen molar-refractivity contribution in [2.45, 2.75) is 0 Å². The Balaban J connectivity index is 2.14. The molecule has 0 unspecified atom stereocenters. The van der Waals surface area contributed by atoms with Crippen molar-refractivity contribution in [2.24, 2.45) is 0 Å². The van der Waals surface area contributed by atoms with Crippen molar-refractivity contribution in [3.63, 3.8) is 0 Å². The summed E-state index contributed by atoms with van der Waals surface area (Å²) in [6.07, 6.45) is 3.10. The van der Waals surface area contributed by atoms with Gasteiger partial charge in [-0.25, -0.2) is 0 Å². The highest BCUT2D eigenvalue weighted by Crippen LogP contribution is 2.13. The lowest BCUT2D eigenvalue weighted by Gasteiger charge is -2.05. The van der Waals surface area contributed by atoms with Gasteiger partial charge in [-0.2, -0.15) is 5.26 Å². The van der Waals surface area contributed by atoms with Gasteiger partial charge in [-0.1, -0.05) is 0 Å². The van der Waals surface area contributed by atoms with E-state index in [0.717, 1.165) is 4.47 Å². The van der Waals surface area contributed by atoms with Crippen LogP contribution in [0.15, 0.2) is 47.2 Å². The Hall–Kier alpha value is -2.19. The Labute approximate surface area is 112 Å². The number of benzene rings is 1. The third-order valence-electron chi connectivity index (χ3n) is 2.24. The molecule has 2 rings (SSSR count). The standard InChI is InChI=1S/C13H8BrN3O/c14-11-5-10(7-16-8-11)13(18)17-12-3-1-9(6-15)2-4-12/h1-5,7-8H,(H,17,18). The molecule has 1 N–H and O–H groups in total. The molecule has 1 heterocycles. The average molecular weight is 302 g/mol. The molecule has 0 radical (unpaired) electrons. The third-order valence-corrected chi connectivity index (χ3v) is 2.67. The Morgan fingerprint density at radius 1 is 1.28 bits per heavy atom. The lowest BCUT2D eigenvalue weighted by Crippen LogP contribution is -2.12. The maximum Gasteiger partial charge on any atom is 0.257 e. The van der Waals surface area contributed by atoms with Gasteiger partial charge in [0, 0.05) is 22.6 Å². The van der Waals surface area contributed by atoms with E-state index >= 15 is 0 Å². The molecule has 0 atom stereocenters. The largest absolute Gasteiger partial charge is 0.322 e. The quantitative estimate of drug-likeness (QED) is 0.927. The maximum absolute atomic E-state index is 11.9. The molecule has 88 valence electrons. The van der Waals surface area contributed by atoms with Gasteiger partial charge in [0.2, 0.25) is 0 Å². The van der Waals surface area contributed by atoms with Crippen LogP contribution >= 0.6 is 15.9 Å². The van der Waals surface area contributed by atoms with E-state index < -0.39 is 0 Å². The zero-order valence-electron chi connectivity index (χ0n) is 9.22. The minimum atomic E-state index is -0.242. The van der Waals surface area contributed by atoms with Crippen molar-refractivity contribution < 1.29 is 4.79 Å². The molecule has 0 aliphatic heterocycles. The van der Waals surface area contributed by atoms with Gasteiger partial charge < -0.3 is 5.32 Å². The van der Waals surface area contributed by atoms with E-state index in [4.69, 9.17) is 5.26 Å². The number of hydrogen-bond donors (Lipinski definition) is 1. The number of hydrogen-bond acceptors (Lipinski definition) is 3. The van der Waals surface area contributed by atoms with Gasteiger partial charge in [0.15, 0.2) is 0 Å². The molecular weight excluding hydrogens is 294 g/mol. The minimum absolute atomic E-state index is 0.242. The average Bonchev–Trinajstić information content (AvgIpc) is 2.39. The second-order valence-electron chi connectivity index (χ2n) is 3.54. The number of pyridine rings is 1. The van der Waals surface area contributed by atoms with E-state index in [1.165, 1.54) is 6.20 Å². The summed E-state index contributed by atoms with van der Waals surface area (Å²) in [7, 11) is 0. The Morgan fingerprint density at radius 3 is 2.61 bits per heavy atom. The van der Waals surface area contributed by atoms with Crippen molar-refractivity contribution in [1.29, 1.82) is 5.26 Å². The first-order valence-corrected chi connectivity index (χ1v) is 5.90. The number of halogens is 1. The van der Waals surface area contributed by atoms with Gasteiger partial charge in [0.05, 0.1) is 17.2 Å². The topological polar surface area (TPSA) is 65.8 Å². The number of carbonyl (C=O) groups is 1. The van der Waals surface area contributed by atoms with Crippen LogP contribution in [0.25, 0.3) is 0 Å². The van der Waals surface area contributed by atoms with Crippen LogP contribution in [0.2, 0.25) is 0 Å². The maximum atomic E-state index is 11.9. The SMILES string of the molecule is N#Cc1ccc(NC(=O)c2cncc(Br)c2)cc1. The molecule has 1 amide bonds. The molecule has 0 bridgehead atoms. The number of aromatic nitrogens is 1. The Kier molecular flexibility index (Phi) is 3.70. The zero-order valence-corrected chi connectivity index (χ0v) is 10.8. The third kappa shape index (κ3) is 2.93. The number of carbonyl (C=O) groups excluding carboxylic acids is 1. The van der Waals surface area contributed by atoms with Crippen LogP contribution in [0.5, 0.6) is 0 Å². The van der Waals surface area contributed by atoms with Crippen molar-refractivity contribution >= 4 is 27.5 Å². The van der Waals surface area contributed by atoms with Gasteiger partial charge in [-0.3, -0.25) is 9.78 Å². The first-order chi connectivity index (χ1) is 8.69. The van der Waals surface area contributed by atoms with Crippen LogP contribution in [-0.4, -0.2) is 10.9 Å². The Bertz CT molecular complexity index is 617. The van der Waals surface area contributed by atoms with E-state index in [0.29, 0.717) is 16.8 Å². The van der Waals surface area contributed by atoms with E-state index in [1.54, 1.807) is 36.5 Å². The second kappa shape index (κ2) is 5.43. The van der Waals surface area contributed by atoms with Crippen LogP contribution in [0.4, 0.5) is 5.69 Å². The van der Waals surface area contributed by atoms with Crippen molar-refractivity contribution in [1.82, 2.24) is 4.98 Å². The molecule has 2 aromatic rings. The lowest BCUT2D eigenvalue weighted by atomic mass is 10.2. The number of rotatable bonds is 2. The predicted octanol–water partition coefficient (Wildman–Crippen LogP) is 2.97. The molecular formula is C13H8BrN3O. The molecule has 0 aliphatic rings. The van der Waals surface area contributed by atoms with Gasteiger partial charge in [-0.05, 0) is 46.3 Å².